The largest absolute Gasteiger partial charge is 0.507 e. The van der Waals surface area contributed by atoms with Crippen molar-refractivity contribution in [1.29, 1.82) is 0 Å². The molecule has 8 rings (SSSR count). The van der Waals surface area contributed by atoms with E-state index in [2.05, 4.69) is 61.7 Å². The summed E-state index contributed by atoms with van der Waals surface area (Å²) < 4.78 is 84.6. The molecule has 2 aromatic heterocycles. The normalized spacial score (nSPS) is 15.2. The van der Waals surface area contributed by atoms with Gasteiger partial charge in [0, 0.05) is 52.2 Å². The van der Waals surface area contributed by atoms with Crippen LogP contribution in [0.4, 0.5) is 0 Å². The third kappa shape index (κ3) is 8.28. The Bertz CT molecular complexity index is 3200. The molecule has 4 nitrogen and oxygen atoms in total. The van der Waals surface area contributed by atoms with E-state index in [1.165, 1.54) is 12.1 Å². The number of phenolic OH excluding ortho intramolecular Hbond substituents is 1. The van der Waals surface area contributed by atoms with E-state index >= 15 is 0 Å². The first-order valence-electron chi connectivity index (χ1n) is 24.8. The molecule has 6 aromatic carbocycles. The molecule has 1 N–H and O–H groups in total. The molecule has 2 heterocycles. The number of benzene rings is 6. The zero-order chi connectivity index (χ0) is 50.2. The van der Waals surface area contributed by atoms with E-state index in [0.717, 1.165) is 55.7 Å². The second-order valence-corrected chi connectivity index (χ2v) is 16.7. The molecule has 0 saturated carbocycles. The minimum absolute atomic E-state index is 0. The van der Waals surface area contributed by atoms with Crippen LogP contribution in [-0.4, -0.2) is 19.6 Å². The Kier molecular flexibility index (Phi) is 8.60. The first kappa shape index (κ1) is 31.3. The van der Waals surface area contributed by atoms with Gasteiger partial charge in [0.05, 0.1) is 22.3 Å². The summed E-state index contributed by atoms with van der Waals surface area (Å²) in [4.78, 5) is 10.2. The number of rotatable bonds is 7. The fourth-order valence-corrected chi connectivity index (χ4v) is 7.72. The van der Waals surface area contributed by atoms with Crippen LogP contribution in [0, 0.1) is 19.9 Å². The second-order valence-electron chi connectivity index (χ2n) is 16.7. The number of hydrogen-bond donors (Lipinski definition) is 1. The van der Waals surface area contributed by atoms with Crippen LogP contribution in [-0.2, 0) is 31.9 Å². The Hall–Kier alpha value is -5.57. The van der Waals surface area contributed by atoms with E-state index < -0.39 is 31.9 Å². The number of phenols is 1. The molecule has 0 amide bonds. The van der Waals surface area contributed by atoms with Gasteiger partial charge in [0.1, 0.15) is 11.6 Å². The third-order valence-corrected chi connectivity index (χ3v) is 11.0. The van der Waals surface area contributed by atoms with E-state index in [4.69, 9.17) is 23.7 Å². The summed E-state index contributed by atoms with van der Waals surface area (Å²) >= 11 is 0. The zero-order valence-corrected chi connectivity index (χ0v) is 37.1. The average Bonchev–Trinajstić information content (AvgIpc) is 3.65. The van der Waals surface area contributed by atoms with Crippen LogP contribution in [0.15, 0.2) is 134 Å². The second kappa shape index (κ2) is 16.5. The number of fused-ring (bicyclic) bond motifs is 1. The fraction of sp³-hybridized carbons (Fsp3) is 0.236. The van der Waals surface area contributed by atoms with Crippen molar-refractivity contribution in [2.45, 2.75) is 85.7 Å². The summed E-state index contributed by atoms with van der Waals surface area (Å²) in [6.45, 7) is 3.88. The van der Waals surface area contributed by atoms with E-state index in [0.29, 0.717) is 39.3 Å². The molecular formula is C55H54N3OPt-. The molecule has 0 aliphatic heterocycles. The van der Waals surface area contributed by atoms with Crippen molar-refractivity contribution in [3.8, 4) is 67.5 Å². The number of imidazole rings is 1. The van der Waals surface area contributed by atoms with Gasteiger partial charge in [-0.25, -0.2) is 4.98 Å². The number of para-hydroxylation sites is 1. The smallest absolute Gasteiger partial charge is 0.148 e. The molecule has 0 bridgehead atoms. The zero-order valence-electron chi connectivity index (χ0n) is 44.8. The van der Waals surface area contributed by atoms with Crippen molar-refractivity contribution >= 4 is 11.0 Å². The summed E-state index contributed by atoms with van der Waals surface area (Å²) in [5.74, 6) is -0.208. The maximum Gasteiger partial charge on any atom is 0.148 e. The van der Waals surface area contributed by atoms with Gasteiger partial charge < -0.3 is 5.11 Å². The van der Waals surface area contributed by atoms with Crippen molar-refractivity contribution in [2.75, 3.05) is 0 Å². The maximum atomic E-state index is 11.8. The molecule has 60 heavy (non-hydrogen) atoms. The number of aromatic nitrogens is 3. The van der Waals surface area contributed by atoms with E-state index in [-0.39, 0.29) is 37.8 Å². The van der Waals surface area contributed by atoms with Crippen LogP contribution in [0.3, 0.4) is 0 Å². The van der Waals surface area contributed by atoms with Gasteiger partial charge in [-0.3, -0.25) is 9.55 Å². The number of aryl methyl sites for hydroxylation is 2. The van der Waals surface area contributed by atoms with Gasteiger partial charge in [0.25, 0.3) is 0 Å². The summed E-state index contributed by atoms with van der Waals surface area (Å²) in [6.07, 6.45) is 1.65. The van der Waals surface area contributed by atoms with Crippen LogP contribution in [0.25, 0.3) is 72.7 Å². The number of hydrogen-bond acceptors (Lipinski definition) is 3. The SMILES string of the molecule is [2H]C(C)(C)c1ccc(-n2c(-c3cc(C)cc(C)c3O)nc3c(-c4[c-]c(-c5cc(-c6ccc(C(C([2H])([2H])[2H])(C([2H])([2H])[2H])C([2H])([2H])[2H])cc6)ccn5)cc(C(C)(C)C)c4)cccc32)c(-c2ccccc2)c1.[Pt]. The van der Waals surface area contributed by atoms with Crippen LogP contribution in [0.2, 0.25) is 0 Å². The summed E-state index contributed by atoms with van der Waals surface area (Å²) in [6, 6.07) is 43.2. The van der Waals surface area contributed by atoms with Crippen LogP contribution in [0.5, 0.6) is 5.75 Å². The molecular weight excluding hydrogens is 914 g/mol. The molecule has 306 valence electrons. The van der Waals surface area contributed by atoms with Crippen molar-refractivity contribution in [2.24, 2.45) is 0 Å². The van der Waals surface area contributed by atoms with Crippen molar-refractivity contribution in [3.63, 3.8) is 0 Å². The topological polar surface area (TPSA) is 50.9 Å². The predicted octanol–water partition coefficient (Wildman–Crippen LogP) is 14.6. The van der Waals surface area contributed by atoms with Crippen molar-refractivity contribution < 1.29 is 39.9 Å². The van der Waals surface area contributed by atoms with Crippen LogP contribution >= 0.6 is 0 Å². The Labute approximate surface area is 384 Å². The molecule has 0 fully saturated rings. The van der Waals surface area contributed by atoms with Gasteiger partial charge in [-0.1, -0.05) is 151 Å². The Morgan fingerprint density at radius 1 is 0.683 bits per heavy atom. The quantitative estimate of drug-likeness (QED) is 0.162. The molecule has 0 aliphatic rings. The van der Waals surface area contributed by atoms with Gasteiger partial charge in [0.2, 0.25) is 0 Å². The Balaban J connectivity index is 0.00000722. The summed E-state index contributed by atoms with van der Waals surface area (Å²) in [5.41, 5.74) is 8.57. The Morgan fingerprint density at radius 2 is 1.42 bits per heavy atom. The molecule has 0 radical (unpaired) electrons. The predicted molar refractivity (Wildman–Crippen MR) is 248 cm³/mol. The fourth-order valence-electron chi connectivity index (χ4n) is 7.72. The number of pyridine rings is 1. The minimum atomic E-state index is -3.37. The first-order valence-corrected chi connectivity index (χ1v) is 19.8. The molecule has 5 heteroatoms. The van der Waals surface area contributed by atoms with Crippen LogP contribution < -0.4 is 0 Å². The Morgan fingerprint density at radius 3 is 2.12 bits per heavy atom. The van der Waals surface area contributed by atoms with Gasteiger partial charge in [-0.05, 0) is 99.8 Å². The first-order chi connectivity index (χ1) is 32.1. The van der Waals surface area contributed by atoms with Crippen molar-refractivity contribution in [1.82, 2.24) is 14.5 Å². The van der Waals surface area contributed by atoms with E-state index in [1.54, 1.807) is 24.4 Å². The molecule has 0 spiro atoms. The van der Waals surface area contributed by atoms with E-state index in [9.17, 15) is 5.11 Å². The standard InChI is InChI=1S/C55H54N3O.Pt/c1-34(2)39-21-24-49(46(32-39)38-15-12-11-13-16-38)58-50-18-14-17-45(51(50)57-53(58)47-28-35(3)27-36(4)52(47)59)41-29-42(31-44(30-41)55(8,9)10)48-33-40(25-26-56-48)37-19-22-43(23-20-37)54(5,6)7;/h11-28,30-34,59H,1-10H3;/q-1;/i5D3,6D3,7D3,34D;. The number of aromatic hydroxyl groups is 1. The van der Waals surface area contributed by atoms with Crippen LogP contribution in [0.1, 0.15) is 103 Å². The van der Waals surface area contributed by atoms with Crippen molar-refractivity contribution in [3.05, 3.63) is 167 Å². The van der Waals surface area contributed by atoms with Gasteiger partial charge in [-0.15, -0.1) is 29.3 Å². The van der Waals surface area contributed by atoms with Gasteiger partial charge >= 0.3 is 0 Å². The monoisotopic (exact) mass is 977 g/mol. The van der Waals surface area contributed by atoms with Gasteiger partial charge in [0.15, 0.2) is 0 Å². The molecule has 0 saturated heterocycles. The van der Waals surface area contributed by atoms with Gasteiger partial charge in [-0.2, -0.15) is 0 Å². The molecule has 0 atom stereocenters. The summed E-state index contributed by atoms with van der Waals surface area (Å²) in [7, 11) is 0. The minimum Gasteiger partial charge on any atom is -0.507 e. The average molecular weight is 978 g/mol. The molecule has 8 aromatic rings. The molecule has 0 aliphatic carbocycles. The molecule has 0 unspecified atom stereocenters. The van der Waals surface area contributed by atoms with E-state index in [1.807, 2.05) is 94.4 Å². The third-order valence-electron chi connectivity index (χ3n) is 11.0. The number of nitrogens with zero attached hydrogens (tertiary/aromatic N) is 3. The summed E-state index contributed by atoms with van der Waals surface area (Å²) in [5, 5.41) is 11.8. The maximum absolute atomic E-state index is 11.8.